The fraction of sp³-hybridized carbons (Fsp3) is 0.263. The zero-order chi connectivity index (χ0) is 17.4. The maximum atomic E-state index is 12.6. The molecule has 0 aliphatic rings. The molecule has 0 spiro atoms. The van der Waals surface area contributed by atoms with Crippen molar-refractivity contribution in [3.05, 3.63) is 65.7 Å². The zero-order valence-electron chi connectivity index (χ0n) is 14.5. The number of carbonyl (C=O) groups excluding carboxylic acids is 2. The molecular weight excluding hydrogens is 338 g/mol. The van der Waals surface area contributed by atoms with E-state index in [0.29, 0.717) is 17.7 Å². The van der Waals surface area contributed by atoms with Gasteiger partial charge in [0.2, 0.25) is 0 Å². The second kappa shape index (κ2) is 10.5. The summed E-state index contributed by atoms with van der Waals surface area (Å²) >= 11 is 0. The second-order valence-electron chi connectivity index (χ2n) is 5.49. The standard InChI is InChI=1S/C19H23N3O2.ClH/c1-20-12-7-13-21-18(23)15-8-6-9-16(14-15)19(24)22(2)17-10-4-3-5-11-17;/h3-6,8-11,14,20H,7,12-13H2,1-2H3,(H,21,23);1H. The Morgan fingerprint density at radius 3 is 2.32 bits per heavy atom. The molecule has 2 amide bonds. The van der Waals surface area contributed by atoms with Crippen LogP contribution in [0.2, 0.25) is 0 Å². The number of nitrogens with one attached hydrogen (secondary N) is 2. The van der Waals surface area contributed by atoms with E-state index in [0.717, 1.165) is 18.7 Å². The predicted molar refractivity (Wildman–Crippen MR) is 104 cm³/mol. The van der Waals surface area contributed by atoms with Crippen LogP contribution in [-0.4, -0.2) is 39.0 Å². The highest BCUT2D eigenvalue weighted by Gasteiger charge is 2.15. The van der Waals surface area contributed by atoms with Gasteiger partial charge in [0.1, 0.15) is 0 Å². The highest BCUT2D eigenvalue weighted by molar-refractivity contribution is 6.07. The Labute approximate surface area is 154 Å². The van der Waals surface area contributed by atoms with Gasteiger partial charge in [-0.1, -0.05) is 24.3 Å². The molecule has 2 N–H and O–H groups in total. The molecule has 0 saturated carbocycles. The van der Waals surface area contributed by atoms with Gasteiger partial charge in [0.15, 0.2) is 0 Å². The monoisotopic (exact) mass is 361 g/mol. The molecule has 0 heterocycles. The van der Waals surface area contributed by atoms with Crippen LogP contribution in [0.15, 0.2) is 54.6 Å². The van der Waals surface area contributed by atoms with E-state index in [-0.39, 0.29) is 24.2 Å². The molecule has 0 aliphatic carbocycles. The van der Waals surface area contributed by atoms with Crippen molar-refractivity contribution < 1.29 is 9.59 Å². The van der Waals surface area contributed by atoms with E-state index in [1.54, 1.807) is 36.2 Å². The first kappa shape index (κ1) is 20.7. The Morgan fingerprint density at radius 1 is 0.960 bits per heavy atom. The first-order chi connectivity index (χ1) is 11.6. The predicted octanol–water partition coefficient (Wildman–Crippen LogP) is 2.72. The Hall–Kier alpha value is -2.37. The van der Waals surface area contributed by atoms with Gasteiger partial charge in [-0.05, 0) is 50.3 Å². The minimum absolute atomic E-state index is 0. The van der Waals surface area contributed by atoms with Crippen LogP contribution in [-0.2, 0) is 0 Å². The van der Waals surface area contributed by atoms with Crippen LogP contribution in [0.25, 0.3) is 0 Å². The Balaban J connectivity index is 0.00000312. The molecule has 25 heavy (non-hydrogen) atoms. The van der Waals surface area contributed by atoms with Crippen molar-refractivity contribution >= 4 is 29.9 Å². The van der Waals surface area contributed by atoms with Crippen molar-refractivity contribution in [3.63, 3.8) is 0 Å². The normalized spacial score (nSPS) is 9.84. The van der Waals surface area contributed by atoms with Gasteiger partial charge in [0.25, 0.3) is 11.8 Å². The third kappa shape index (κ3) is 5.89. The third-order valence-corrected chi connectivity index (χ3v) is 3.71. The lowest BCUT2D eigenvalue weighted by Gasteiger charge is -2.17. The number of carbonyl (C=O) groups is 2. The van der Waals surface area contributed by atoms with Crippen molar-refractivity contribution in [2.75, 3.05) is 32.1 Å². The molecule has 2 aromatic rings. The fourth-order valence-corrected chi connectivity index (χ4v) is 2.33. The van der Waals surface area contributed by atoms with Gasteiger partial charge in [-0.15, -0.1) is 12.4 Å². The molecule has 5 nitrogen and oxygen atoms in total. The molecule has 0 fully saturated rings. The largest absolute Gasteiger partial charge is 0.352 e. The van der Waals surface area contributed by atoms with E-state index in [2.05, 4.69) is 10.6 Å². The van der Waals surface area contributed by atoms with Gasteiger partial charge in [-0.25, -0.2) is 0 Å². The van der Waals surface area contributed by atoms with Crippen LogP contribution in [0.5, 0.6) is 0 Å². The summed E-state index contributed by atoms with van der Waals surface area (Å²) in [5.41, 5.74) is 1.79. The third-order valence-electron chi connectivity index (χ3n) is 3.71. The van der Waals surface area contributed by atoms with E-state index in [1.165, 1.54) is 0 Å². The van der Waals surface area contributed by atoms with E-state index in [1.807, 2.05) is 37.4 Å². The molecule has 0 aliphatic heterocycles. The van der Waals surface area contributed by atoms with Crippen molar-refractivity contribution in [1.82, 2.24) is 10.6 Å². The SMILES string of the molecule is CNCCCNC(=O)c1cccc(C(=O)N(C)c2ccccc2)c1.Cl. The summed E-state index contributed by atoms with van der Waals surface area (Å²) in [7, 11) is 3.60. The molecule has 6 heteroatoms. The number of amides is 2. The number of para-hydroxylation sites is 1. The minimum atomic E-state index is -0.164. The van der Waals surface area contributed by atoms with Crippen LogP contribution in [0.1, 0.15) is 27.1 Å². The van der Waals surface area contributed by atoms with E-state index in [4.69, 9.17) is 0 Å². The van der Waals surface area contributed by atoms with E-state index in [9.17, 15) is 9.59 Å². The van der Waals surface area contributed by atoms with Crippen LogP contribution in [0.4, 0.5) is 5.69 Å². The van der Waals surface area contributed by atoms with Gasteiger partial charge in [-0.2, -0.15) is 0 Å². The molecule has 0 unspecified atom stereocenters. The number of hydrogen-bond donors (Lipinski definition) is 2. The smallest absolute Gasteiger partial charge is 0.258 e. The molecular formula is C19H24ClN3O2. The maximum Gasteiger partial charge on any atom is 0.258 e. The molecule has 0 aromatic heterocycles. The van der Waals surface area contributed by atoms with E-state index >= 15 is 0 Å². The topological polar surface area (TPSA) is 61.4 Å². The molecule has 2 aromatic carbocycles. The summed E-state index contributed by atoms with van der Waals surface area (Å²) in [5.74, 6) is -0.311. The molecule has 0 saturated heterocycles. The molecule has 0 bridgehead atoms. The van der Waals surface area contributed by atoms with Gasteiger partial charge in [0, 0.05) is 30.4 Å². The second-order valence-corrected chi connectivity index (χ2v) is 5.49. The van der Waals surface area contributed by atoms with Crippen molar-refractivity contribution in [1.29, 1.82) is 0 Å². The zero-order valence-corrected chi connectivity index (χ0v) is 15.3. The van der Waals surface area contributed by atoms with Gasteiger partial charge in [-0.3, -0.25) is 9.59 Å². The highest BCUT2D eigenvalue weighted by Crippen LogP contribution is 2.15. The summed E-state index contributed by atoms with van der Waals surface area (Å²) in [4.78, 5) is 26.3. The summed E-state index contributed by atoms with van der Waals surface area (Å²) < 4.78 is 0. The molecule has 2 rings (SSSR count). The molecule has 0 atom stereocenters. The average molecular weight is 362 g/mol. The number of halogens is 1. The fourth-order valence-electron chi connectivity index (χ4n) is 2.33. The maximum absolute atomic E-state index is 12.6. The lowest BCUT2D eigenvalue weighted by atomic mass is 10.1. The van der Waals surface area contributed by atoms with E-state index < -0.39 is 0 Å². The van der Waals surface area contributed by atoms with Crippen molar-refractivity contribution in [2.45, 2.75) is 6.42 Å². The van der Waals surface area contributed by atoms with Crippen molar-refractivity contribution in [2.24, 2.45) is 0 Å². The summed E-state index contributed by atoms with van der Waals surface area (Å²) in [6.45, 7) is 1.45. The first-order valence-corrected chi connectivity index (χ1v) is 7.99. The quantitative estimate of drug-likeness (QED) is 0.745. The number of anilines is 1. The number of nitrogens with zero attached hydrogens (tertiary/aromatic N) is 1. The minimum Gasteiger partial charge on any atom is -0.352 e. The van der Waals surface area contributed by atoms with Crippen molar-refractivity contribution in [3.8, 4) is 0 Å². The molecule has 0 radical (unpaired) electrons. The molecule has 134 valence electrons. The van der Waals surface area contributed by atoms with Crippen LogP contribution in [0, 0.1) is 0 Å². The van der Waals surface area contributed by atoms with Crippen LogP contribution in [0.3, 0.4) is 0 Å². The lowest BCUT2D eigenvalue weighted by Crippen LogP contribution is -2.28. The Bertz CT molecular complexity index is 692. The van der Waals surface area contributed by atoms with Gasteiger partial charge < -0.3 is 15.5 Å². The number of rotatable bonds is 7. The lowest BCUT2D eigenvalue weighted by molar-refractivity contribution is 0.0953. The summed E-state index contributed by atoms with van der Waals surface area (Å²) in [6, 6.07) is 16.2. The number of benzene rings is 2. The summed E-state index contributed by atoms with van der Waals surface area (Å²) in [5, 5.41) is 5.89. The first-order valence-electron chi connectivity index (χ1n) is 7.99. The number of hydrogen-bond acceptors (Lipinski definition) is 3. The highest BCUT2D eigenvalue weighted by atomic mass is 35.5. The Kier molecular flexibility index (Phi) is 8.67. The van der Waals surface area contributed by atoms with Gasteiger partial charge in [0.05, 0.1) is 0 Å². The Morgan fingerprint density at radius 2 is 1.64 bits per heavy atom. The average Bonchev–Trinajstić information content (AvgIpc) is 2.64. The van der Waals surface area contributed by atoms with Crippen LogP contribution >= 0.6 is 12.4 Å². The van der Waals surface area contributed by atoms with Gasteiger partial charge >= 0.3 is 0 Å². The summed E-state index contributed by atoms with van der Waals surface area (Å²) in [6.07, 6.45) is 0.859. The van der Waals surface area contributed by atoms with Crippen LogP contribution < -0.4 is 15.5 Å².